The summed E-state index contributed by atoms with van der Waals surface area (Å²) in [5, 5.41) is 21.5. The Morgan fingerprint density at radius 1 is 1.29 bits per heavy atom. The van der Waals surface area contributed by atoms with Crippen LogP contribution in [0.2, 0.25) is 0 Å². The highest BCUT2D eigenvalue weighted by molar-refractivity contribution is 6.01. The lowest BCUT2D eigenvalue weighted by Crippen LogP contribution is -2.22. The van der Waals surface area contributed by atoms with E-state index in [2.05, 4.69) is 5.32 Å². The summed E-state index contributed by atoms with van der Waals surface area (Å²) < 4.78 is 0. The number of carbonyl (C=O) groups excluding carboxylic acids is 2. The Balaban J connectivity index is 0.000000181. The van der Waals surface area contributed by atoms with E-state index in [1.807, 2.05) is 5.32 Å². The van der Waals surface area contributed by atoms with Crippen molar-refractivity contribution in [2.45, 2.75) is 0 Å². The zero-order valence-electron chi connectivity index (χ0n) is 8.64. The van der Waals surface area contributed by atoms with Crippen LogP contribution in [0, 0.1) is 0 Å². The van der Waals surface area contributed by atoms with Crippen LogP contribution >= 0.6 is 0 Å². The van der Waals surface area contributed by atoms with E-state index >= 15 is 0 Å². The van der Waals surface area contributed by atoms with Gasteiger partial charge in [-0.1, -0.05) is 6.07 Å². The summed E-state index contributed by atoms with van der Waals surface area (Å²) in [7, 11) is 0. The summed E-state index contributed by atoms with van der Waals surface area (Å²) >= 11 is 0. The normalized spacial score (nSPS) is 13.2. The molecule has 1 fully saturated rings. The molecule has 90 valence electrons. The number of imide groups is 1. The second-order valence-electron chi connectivity index (χ2n) is 3.09. The van der Waals surface area contributed by atoms with Crippen LogP contribution < -0.4 is 10.6 Å². The minimum absolute atomic E-state index is 0.0279. The average Bonchev–Trinajstić information content (AvgIpc) is 2.63. The first kappa shape index (κ1) is 12.5. The second kappa shape index (κ2) is 5.50. The van der Waals surface area contributed by atoms with Crippen LogP contribution in [-0.4, -0.2) is 34.7 Å². The molecule has 0 aromatic heterocycles. The van der Waals surface area contributed by atoms with Crippen LogP contribution in [-0.2, 0) is 4.79 Å². The van der Waals surface area contributed by atoms with Gasteiger partial charge in [0.15, 0.2) is 0 Å². The number of carboxylic acids is 1. The third kappa shape index (κ3) is 4.20. The van der Waals surface area contributed by atoms with E-state index in [0.717, 1.165) is 0 Å². The highest BCUT2D eigenvalue weighted by atomic mass is 16.4. The number of amides is 3. The lowest BCUT2D eigenvalue weighted by Gasteiger charge is -1.92. The molecule has 7 heteroatoms. The van der Waals surface area contributed by atoms with Crippen LogP contribution in [0.1, 0.15) is 10.4 Å². The van der Waals surface area contributed by atoms with E-state index in [9.17, 15) is 14.4 Å². The van der Waals surface area contributed by atoms with Crippen molar-refractivity contribution in [1.82, 2.24) is 10.6 Å². The molecule has 0 radical (unpaired) electrons. The fourth-order valence-corrected chi connectivity index (χ4v) is 1.01. The summed E-state index contributed by atoms with van der Waals surface area (Å²) in [5.41, 5.74) is 0.0972. The van der Waals surface area contributed by atoms with Gasteiger partial charge in [-0.25, -0.2) is 9.59 Å². The van der Waals surface area contributed by atoms with E-state index in [0.29, 0.717) is 0 Å². The average molecular weight is 238 g/mol. The maximum absolute atomic E-state index is 10.2. The molecule has 0 spiro atoms. The molecule has 1 aliphatic rings. The van der Waals surface area contributed by atoms with Crippen molar-refractivity contribution >= 4 is 17.9 Å². The molecule has 7 nitrogen and oxygen atoms in total. The van der Waals surface area contributed by atoms with E-state index in [-0.39, 0.29) is 23.8 Å². The Hall–Kier alpha value is -2.57. The first-order valence-corrected chi connectivity index (χ1v) is 4.59. The van der Waals surface area contributed by atoms with Crippen LogP contribution in [0.5, 0.6) is 5.75 Å². The second-order valence-corrected chi connectivity index (χ2v) is 3.09. The van der Waals surface area contributed by atoms with Crippen molar-refractivity contribution in [3.8, 4) is 5.75 Å². The highest BCUT2D eigenvalue weighted by Gasteiger charge is 2.14. The summed E-state index contributed by atoms with van der Waals surface area (Å²) in [6.07, 6.45) is 0. The molecule has 2 rings (SSSR count). The quantitative estimate of drug-likeness (QED) is 0.510. The van der Waals surface area contributed by atoms with Gasteiger partial charge in [-0.15, -0.1) is 0 Å². The van der Waals surface area contributed by atoms with Gasteiger partial charge in [0.05, 0.1) is 12.1 Å². The Kier molecular flexibility index (Phi) is 4.04. The van der Waals surface area contributed by atoms with Crippen molar-refractivity contribution < 1.29 is 24.6 Å². The molecule has 1 heterocycles. The fourth-order valence-electron chi connectivity index (χ4n) is 1.01. The van der Waals surface area contributed by atoms with Crippen molar-refractivity contribution in [2.75, 3.05) is 6.54 Å². The number of carbonyl (C=O) groups is 3. The number of rotatable bonds is 1. The maximum atomic E-state index is 10.2. The zero-order valence-corrected chi connectivity index (χ0v) is 8.64. The molecular weight excluding hydrogens is 228 g/mol. The summed E-state index contributed by atoms with van der Waals surface area (Å²) in [4.78, 5) is 30.3. The summed E-state index contributed by atoms with van der Waals surface area (Å²) in [6, 6.07) is 5.13. The molecule has 1 aromatic carbocycles. The van der Waals surface area contributed by atoms with Gasteiger partial charge in [-0.2, -0.15) is 0 Å². The van der Waals surface area contributed by atoms with E-state index in [1.165, 1.54) is 24.3 Å². The fraction of sp³-hybridized carbons (Fsp3) is 0.100. The van der Waals surface area contributed by atoms with Gasteiger partial charge < -0.3 is 15.5 Å². The molecule has 0 aliphatic carbocycles. The molecule has 0 bridgehead atoms. The molecule has 0 unspecified atom stereocenters. The largest absolute Gasteiger partial charge is 0.508 e. The molecular formula is C10H10N2O5. The molecule has 1 aromatic rings. The molecule has 17 heavy (non-hydrogen) atoms. The molecule has 0 saturated carbocycles. The number of phenolic OH excluding ortho intramolecular Hbond substituents is 1. The number of nitrogens with one attached hydrogen (secondary N) is 2. The number of phenols is 1. The summed E-state index contributed by atoms with van der Waals surface area (Å²) in [5.74, 6) is -1.32. The van der Waals surface area contributed by atoms with Gasteiger partial charge in [0.2, 0.25) is 5.91 Å². The van der Waals surface area contributed by atoms with Gasteiger partial charge in [-0.05, 0) is 18.2 Å². The van der Waals surface area contributed by atoms with E-state index in [1.54, 1.807) is 0 Å². The number of aromatic hydroxyl groups is 1. The molecule has 3 amide bonds. The van der Waals surface area contributed by atoms with Crippen molar-refractivity contribution in [3.05, 3.63) is 29.8 Å². The topological polar surface area (TPSA) is 116 Å². The SMILES string of the molecule is O=C(O)c1cccc(O)c1.O=C1CNC(=O)N1. The third-order valence-corrected chi connectivity index (χ3v) is 1.76. The van der Waals surface area contributed by atoms with Crippen molar-refractivity contribution in [3.63, 3.8) is 0 Å². The van der Waals surface area contributed by atoms with Gasteiger partial charge in [0, 0.05) is 0 Å². The van der Waals surface area contributed by atoms with Gasteiger partial charge in [0.1, 0.15) is 5.75 Å². The maximum Gasteiger partial charge on any atom is 0.335 e. The third-order valence-electron chi connectivity index (χ3n) is 1.76. The Labute approximate surface area is 96.1 Å². The predicted octanol–water partition coefficient (Wildman–Crippen LogP) is -0.0838. The number of aromatic carboxylic acids is 1. The van der Waals surface area contributed by atoms with Gasteiger partial charge >= 0.3 is 12.0 Å². The first-order chi connectivity index (χ1) is 7.99. The van der Waals surface area contributed by atoms with Crippen LogP contribution in [0.15, 0.2) is 24.3 Å². The zero-order chi connectivity index (χ0) is 12.8. The highest BCUT2D eigenvalue weighted by Crippen LogP contribution is 2.09. The molecule has 0 atom stereocenters. The Morgan fingerprint density at radius 2 is 2.00 bits per heavy atom. The smallest absolute Gasteiger partial charge is 0.335 e. The van der Waals surface area contributed by atoms with E-state index < -0.39 is 12.0 Å². The molecule has 1 aliphatic heterocycles. The molecule has 1 saturated heterocycles. The first-order valence-electron chi connectivity index (χ1n) is 4.59. The lowest BCUT2D eigenvalue weighted by atomic mass is 10.2. The number of hydrogen-bond donors (Lipinski definition) is 4. The number of carboxylic acid groups (broad SMARTS) is 1. The monoisotopic (exact) mass is 238 g/mol. The van der Waals surface area contributed by atoms with Gasteiger partial charge in [-0.3, -0.25) is 10.1 Å². The van der Waals surface area contributed by atoms with Crippen molar-refractivity contribution in [2.24, 2.45) is 0 Å². The minimum atomic E-state index is -1.03. The van der Waals surface area contributed by atoms with E-state index in [4.69, 9.17) is 10.2 Å². The number of hydrogen-bond acceptors (Lipinski definition) is 4. The van der Waals surface area contributed by atoms with Crippen LogP contribution in [0.3, 0.4) is 0 Å². The van der Waals surface area contributed by atoms with Crippen molar-refractivity contribution in [1.29, 1.82) is 0 Å². The van der Waals surface area contributed by atoms with Crippen LogP contribution in [0.25, 0.3) is 0 Å². The van der Waals surface area contributed by atoms with Gasteiger partial charge in [0.25, 0.3) is 0 Å². The predicted molar refractivity (Wildman–Crippen MR) is 56.6 cm³/mol. The standard InChI is InChI=1S/C7H6O3.C3H4N2O2/c8-6-3-1-2-5(4-6)7(9)10;6-2-1-4-3(7)5-2/h1-4,8H,(H,9,10);1H2,(H2,4,5,6,7). The van der Waals surface area contributed by atoms with Crippen LogP contribution in [0.4, 0.5) is 4.79 Å². The number of urea groups is 1. The minimum Gasteiger partial charge on any atom is -0.508 e. The lowest BCUT2D eigenvalue weighted by molar-refractivity contribution is -0.117. The Bertz CT molecular complexity index is 444. The summed E-state index contributed by atoms with van der Waals surface area (Å²) in [6.45, 7) is 0.124. The Morgan fingerprint density at radius 3 is 2.29 bits per heavy atom. The number of benzene rings is 1. The molecule has 4 N–H and O–H groups in total.